The van der Waals surface area contributed by atoms with Gasteiger partial charge < -0.3 is 13.3 Å². The number of rotatable bonds is 12. The van der Waals surface area contributed by atoms with Crippen LogP contribution in [0.4, 0.5) is 0 Å². The van der Waals surface area contributed by atoms with Crippen LogP contribution in [0.5, 0.6) is 0 Å². The van der Waals surface area contributed by atoms with Crippen molar-refractivity contribution in [1.29, 1.82) is 0 Å². The summed E-state index contributed by atoms with van der Waals surface area (Å²) in [6.45, 7) is 0. The van der Waals surface area contributed by atoms with E-state index in [-0.39, 0.29) is 0 Å². The second-order valence-electron chi connectivity index (χ2n) is 33.0. The first-order valence-corrected chi connectivity index (χ1v) is 44.1. The highest BCUT2D eigenvalue weighted by Gasteiger charge is 2.24. The highest BCUT2D eigenvalue weighted by molar-refractivity contribution is 6.15. The van der Waals surface area contributed by atoms with E-state index in [2.05, 4.69) is 293 Å². The zero-order valence-corrected chi connectivity index (χ0v) is 70.9. The Morgan fingerprint density at radius 1 is 0.144 bits per heavy atom. The number of nitrogens with zero attached hydrogens (tertiary/aromatic N) is 10. The molecule has 9 aromatic heterocycles. The van der Waals surface area contributed by atoms with Crippen LogP contribution in [0.15, 0.2) is 462 Å². The quantitative estimate of drug-likeness (QED) is 0.116. The number of fused-ring (bicyclic) bond motifs is 18. The van der Waals surface area contributed by atoms with Crippen LogP contribution >= 0.6 is 0 Å². The summed E-state index contributed by atoms with van der Waals surface area (Å²) in [4.78, 5) is 35.4. The van der Waals surface area contributed by atoms with Crippen molar-refractivity contribution in [2.24, 2.45) is 0 Å². The van der Waals surface area contributed by atoms with Crippen LogP contribution in [0, 0.1) is 0 Å². The summed E-state index contributed by atoms with van der Waals surface area (Å²) in [5, 5.41) is 13.7. The Labute approximate surface area is 756 Å². The van der Waals surface area contributed by atoms with Gasteiger partial charge >= 0.3 is 0 Å². The van der Waals surface area contributed by atoms with Gasteiger partial charge in [0.05, 0.1) is 50.2 Å². The first kappa shape index (κ1) is 76.4. The summed E-state index contributed by atoms with van der Waals surface area (Å²) < 4.78 is 24.9. The third-order valence-electron chi connectivity index (χ3n) is 25.1. The molecule has 0 saturated carbocycles. The van der Waals surface area contributed by atoms with Crippen LogP contribution < -0.4 is 0 Å². The molecular weight excluding hydrogens is 1620 g/mol. The molecule has 27 rings (SSSR count). The Bertz CT molecular complexity index is 8150. The van der Waals surface area contributed by atoms with E-state index in [0.717, 1.165) is 210 Å². The van der Waals surface area contributed by atoms with Crippen LogP contribution in [-0.4, -0.2) is 48.6 Å². The average Bonchev–Trinajstić information content (AvgIpc) is 1.56. The minimum atomic E-state index is 0.586. The summed E-state index contributed by atoms with van der Waals surface area (Å²) in [6, 6.07) is 155. The van der Waals surface area contributed by atoms with Crippen molar-refractivity contribution in [3.05, 3.63) is 449 Å². The van der Waals surface area contributed by atoms with Crippen molar-refractivity contribution in [2.45, 2.75) is 0 Å². The van der Waals surface area contributed by atoms with E-state index in [4.69, 9.17) is 48.1 Å². The predicted molar refractivity (Wildman–Crippen MR) is 538 cm³/mol. The van der Waals surface area contributed by atoms with Crippen molar-refractivity contribution in [3.63, 3.8) is 0 Å². The van der Waals surface area contributed by atoms with Gasteiger partial charge in [0.1, 0.15) is 39.3 Å². The molecule has 0 unspecified atom stereocenters. The number of hydrogen-bond acceptors (Lipinski definition) is 10. The Morgan fingerprint density at radius 2 is 0.394 bits per heavy atom. The molecule has 0 N–H and O–H groups in total. The van der Waals surface area contributed by atoms with Crippen molar-refractivity contribution >= 4 is 131 Å². The van der Waals surface area contributed by atoms with E-state index in [1.165, 1.54) is 10.8 Å². The molecule has 0 saturated heterocycles. The fourth-order valence-electron chi connectivity index (χ4n) is 18.8. The summed E-state index contributed by atoms with van der Waals surface area (Å²) in [5.74, 6) is 4.04. The van der Waals surface area contributed by atoms with Gasteiger partial charge in [0.25, 0.3) is 0 Å². The van der Waals surface area contributed by atoms with Crippen molar-refractivity contribution in [2.75, 3.05) is 0 Å². The number of benzene rings is 18. The maximum atomic E-state index is 6.09. The standard InChI is InChI=1S/2C40H25N3O.C39H24N4O/c1-3-11-26(12-4-1)34-25-35(27-13-5-2-6-14-27)42-40(41-34)43-36-17-9-7-15-30(36)32-23-28(19-21-37(32)43)29-20-22-39-33(24-29)31-16-8-10-18-38(31)44-39;1-3-11-26(12-4-1)34-25-39(42-40(41-34)27-13-5-2-6-14-27)43-35-17-9-7-15-30(35)32-23-28(19-21-36(32)43)29-20-22-38-33(24-29)31-16-8-10-18-37(31)44-38;1-3-11-25(12-4-1)37-40-38(26-13-5-2-6-14-26)42-39(41-37)43-33-17-9-7-15-29(33)31-23-27(19-21-34(31)43)28-20-22-36-32(24-28)30-16-8-10-18-35(30)44-36/h2*1-25H;1-24H. The highest BCUT2D eigenvalue weighted by atomic mass is 16.3. The third kappa shape index (κ3) is 13.6. The molecule has 618 valence electrons. The lowest BCUT2D eigenvalue weighted by atomic mass is 10.0. The molecule has 0 spiro atoms. The van der Waals surface area contributed by atoms with Gasteiger partial charge in [-0.25, -0.2) is 24.9 Å². The van der Waals surface area contributed by atoms with E-state index >= 15 is 0 Å². The van der Waals surface area contributed by atoms with Gasteiger partial charge in [0.2, 0.25) is 11.9 Å². The van der Waals surface area contributed by atoms with Gasteiger partial charge in [-0.1, -0.05) is 328 Å². The van der Waals surface area contributed by atoms with Crippen molar-refractivity contribution in [3.8, 4) is 119 Å². The molecule has 18 aromatic carbocycles. The number of aromatic nitrogens is 10. The lowest BCUT2D eigenvalue weighted by Crippen LogP contribution is -2.06. The Kier molecular flexibility index (Phi) is 18.6. The molecule has 27 aromatic rings. The number of hydrogen-bond donors (Lipinski definition) is 0. The third-order valence-corrected chi connectivity index (χ3v) is 25.1. The number of para-hydroxylation sites is 6. The molecule has 9 heterocycles. The van der Waals surface area contributed by atoms with E-state index < -0.39 is 0 Å². The van der Waals surface area contributed by atoms with E-state index in [9.17, 15) is 0 Å². The van der Waals surface area contributed by atoms with Gasteiger partial charge in [0, 0.05) is 104 Å². The summed E-state index contributed by atoms with van der Waals surface area (Å²) in [7, 11) is 0. The summed E-state index contributed by atoms with van der Waals surface area (Å²) in [6.07, 6.45) is 0. The molecule has 132 heavy (non-hydrogen) atoms. The van der Waals surface area contributed by atoms with Crippen LogP contribution in [0.1, 0.15) is 0 Å². The zero-order valence-electron chi connectivity index (χ0n) is 70.9. The van der Waals surface area contributed by atoms with Crippen molar-refractivity contribution < 1.29 is 13.3 Å². The van der Waals surface area contributed by atoms with Crippen LogP contribution in [0.2, 0.25) is 0 Å². The fourth-order valence-corrected chi connectivity index (χ4v) is 18.8. The molecule has 0 aliphatic rings. The van der Waals surface area contributed by atoms with Gasteiger partial charge in [-0.2, -0.15) is 9.97 Å². The van der Waals surface area contributed by atoms with E-state index in [1.807, 2.05) is 170 Å². The van der Waals surface area contributed by atoms with Crippen LogP contribution in [-0.2, 0) is 0 Å². The second-order valence-corrected chi connectivity index (χ2v) is 33.0. The molecule has 13 nitrogen and oxygen atoms in total. The van der Waals surface area contributed by atoms with E-state index in [0.29, 0.717) is 29.4 Å². The predicted octanol–water partition coefficient (Wildman–Crippen LogP) is 30.8. The van der Waals surface area contributed by atoms with Crippen LogP contribution in [0.25, 0.3) is 250 Å². The molecule has 0 bridgehead atoms. The molecule has 0 fully saturated rings. The normalized spacial score (nSPS) is 11.6. The van der Waals surface area contributed by atoms with Crippen molar-refractivity contribution in [1.82, 2.24) is 48.6 Å². The largest absolute Gasteiger partial charge is 0.456 e. The lowest BCUT2D eigenvalue weighted by Gasteiger charge is -2.12. The molecule has 0 amide bonds. The lowest BCUT2D eigenvalue weighted by molar-refractivity contribution is 0.668. The number of furan rings is 3. The summed E-state index contributed by atoms with van der Waals surface area (Å²) >= 11 is 0. The Balaban J connectivity index is 0.000000106. The Morgan fingerprint density at radius 3 is 0.750 bits per heavy atom. The van der Waals surface area contributed by atoms with Gasteiger partial charge in [0.15, 0.2) is 17.5 Å². The highest BCUT2D eigenvalue weighted by Crippen LogP contribution is 2.44. The molecule has 13 heteroatoms. The molecular formula is C119H74N10O3. The monoisotopic (exact) mass is 1690 g/mol. The van der Waals surface area contributed by atoms with Crippen LogP contribution in [0.3, 0.4) is 0 Å². The SMILES string of the molecule is c1ccc(-c2cc(-c3ccccc3)nc(-n3c4ccccc4c4cc(-c5ccc6oc7ccccc7c6c5)ccc43)n2)cc1.c1ccc(-c2cc(-n3c4ccccc4c4cc(-c5ccc6oc7ccccc7c6c5)ccc43)nc(-c3ccccc3)n2)cc1.c1ccc(-c2nc(-c3ccccc3)nc(-n3c4ccccc4c4cc(-c5ccc6oc7ccccc7c6c5)ccc43)n2)cc1. The summed E-state index contributed by atoms with van der Waals surface area (Å²) in [5.41, 5.74) is 27.4. The Hall–Kier alpha value is -18.1. The second kappa shape index (κ2) is 32.1. The zero-order chi connectivity index (χ0) is 87.1. The van der Waals surface area contributed by atoms with E-state index in [1.54, 1.807) is 0 Å². The maximum Gasteiger partial charge on any atom is 0.238 e. The maximum absolute atomic E-state index is 6.09. The minimum Gasteiger partial charge on any atom is -0.456 e. The van der Waals surface area contributed by atoms with Gasteiger partial charge in [-0.3, -0.25) is 13.7 Å². The molecule has 0 atom stereocenters. The first-order valence-electron chi connectivity index (χ1n) is 44.1. The molecule has 0 radical (unpaired) electrons. The smallest absolute Gasteiger partial charge is 0.238 e. The average molecular weight is 1690 g/mol. The molecule has 0 aliphatic heterocycles. The first-order chi connectivity index (χ1) is 65.4. The minimum absolute atomic E-state index is 0.586. The fraction of sp³-hybridized carbons (Fsp3) is 0. The molecule has 0 aliphatic carbocycles. The van der Waals surface area contributed by atoms with Gasteiger partial charge in [-0.05, 0) is 149 Å². The van der Waals surface area contributed by atoms with Gasteiger partial charge in [-0.15, -0.1) is 0 Å². The topological polar surface area (TPSA) is 144 Å².